The van der Waals surface area contributed by atoms with Gasteiger partial charge >= 0.3 is 0 Å². The molecule has 5 rings (SSSR count). The largest absolute Gasteiger partial charge is 0.342 e. The molecule has 0 radical (unpaired) electrons. The molecule has 0 saturated carbocycles. The van der Waals surface area contributed by atoms with Gasteiger partial charge in [-0.3, -0.25) is 4.90 Å². The van der Waals surface area contributed by atoms with Crippen LogP contribution in [0, 0.1) is 18.6 Å². The van der Waals surface area contributed by atoms with Crippen molar-refractivity contribution in [2.75, 3.05) is 18.4 Å². The fraction of sp³-hybridized carbons (Fsp3) is 0.333. The first-order valence-corrected chi connectivity index (χ1v) is 11.2. The van der Waals surface area contributed by atoms with Crippen LogP contribution in [0.15, 0.2) is 36.7 Å². The number of anilines is 2. The Kier molecular flexibility index (Phi) is 5.93. The van der Waals surface area contributed by atoms with Gasteiger partial charge in [0, 0.05) is 43.5 Å². The molecule has 0 amide bonds. The number of pyridine rings is 1. The molecule has 34 heavy (non-hydrogen) atoms. The highest BCUT2D eigenvalue weighted by atomic mass is 19.1. The van der Waals surface area contributed by atoms with Crippen molar-refractivity contribution in [3.8, 4) is 11.3 Å². The number of hydrogen-bond donors (Lipinski definition) is 3. The zero-order chi connectivity index (χ0) is 23.8. The molecule has 1 fully saturated rings. The average molecular weight is 465 g/mol. The predicted molar refractivity (Wildman–Crippen MR) is 127 cm³/mol. The number of H-pyrrole nitrogens is 1. The zero-order valence-corrected chi connectivity index (χ0v) is 19.2. The van der Waals surface area contributed by atoms with Crippen LogP contribution in [-0.4, -0.2) is 55.0 Å². The van der Waals surface area contributed by atoms with Crippen LogP contribution in [0.1, 0.15) is 25.2 Å². The Morgan fingerprint density at radius 1 is 1.03 bits per heavy atom. The monoisotopic (exact) mass is 464 g/mol. The van der Waals surface area contributed by atoms with Gasteiger partial charge in [0.1, 0.15) is 22.9 Å². The van der Waals surface area contributed by atoms with E-state index in [2.05, 4.69) is 54.3 Å². The zero-order valence-electron chi connectivity index (χ0n) is 19.2. The van der Waals surface area contributed by atoms with E-state index in [9.17, 15) is 8.78 Å². The molecule has 3 N–H and O–H groups in total. The Morgan fingerprint density at radius 2 is 1.82 bits per heavy atom. The van der Waals surface area contributed by atoms with Crippen molar-refractivity contribution in [1.82, 2.24) is 35.1 Å². The van der Waals surface area contributed by atoms with Gasteiger partial charge in [-0.05, 0) is 44.5 Å². The van der Waals surface area contributed by atoms with E-state index >= 15 is 0 Å². The third kappa shape index (κ3) is 4.73. The number of nitrogens with zero attached hydrogens (tertiary/aromatic N) is 5. The van der Waals surface area contributed by atoms with Crippen molar-refractivity contribution < 1.29 is 8.78 Å². The summed E-state index contributed by atoms with van der Waals surface area (Å²) in [5.41, 5.74) is 2.07. The highest BCUT2D eigenvalue weighted by Gasteiger charge is 2.21. The molecule has 2 unspecified atom stereocenters. The average Bonchev–Trinajstić information content (AvgIpc) is 3.16. The quantitative estimate of drug-likeness (QED) is 0.412. The Morgan fingerprint density at radius 3 is 2.56 bits per heavy atom. The van der Waals surface area contributed by atoms with E-state index in [-0.39, 0.29) is 17.2 Å². The van der Waals surface area contributed by atoms with E-state index in [1.165, 1.54) is 6.07 Å². The number of nitrogens with one attached hydrogen (secondary N) is 3. The SMILES string of the molecule is Cc1nc2c(F)cc(-c3nc(Nc4ccc(CN5CC(C)NC(C)C5)cn4)ncc3F)cc2[nH]1. The third-order valence-electron chi connectivity index (χ3n) is 5.78. The second-order valence-electron chi connectivity index (χ2n) is 8.91. The first-order chi connectivity index (χ1) is 16.3. The molecule has 1 saturated heterocycles. The second kappa shape index (κ2) is 9.03. The smallest absolute Gasteiger partial charge is 0.229 e. The summed E-state index contributed by atoms with van der Waals surface area (Å²) in [6.45, 7) is 8.90. The number of imidazole rings is 1. The summed E-state index contributed by atoms with van der Waals surface area (Å²) < 4.78 is 29.0. The van der Waals surface area contributed by atoms with Gasteiger partial charge in [-0.25, -0.2) is 28.7 Å². The fourth-order valence-electron chi connectivity index (χ4n) is 4.50. The third-order valence-corrected chi connectivity index (χ3v) is 5.78. The van der Waals surface area contributed by atoms with E-state index in [4.69, 9.17) is 0 Å². The standard InChI is InChI=1S/C24H26F2N8/c1-13-10-34(11-14(2)29-13)12-16-4-5-21(27-8-16)32-24-28-9-19(26)22(33-24)17-6-18(25)23-20(7-17)30-15(3)31-23/h4-9,13-14,29H,10-12H2,1-3H3,(H,30,31)(H,27,28,32,33). The van der Waals surface area contributed by atoms with Crippen molar-refractivity contribution in [2.24, 2.45) is 0 Å². The highest BCUT2D eigenvalue weighted by Crippen LogP contribution is 2.27. The molecular weight excluding hydrogens is 438 g/mol. The van der Waals surface area contributed by atoms with Crippen LogP contribution in [0.25, 0.3) is 22.3 Å². The maximum atomic E-state index is 14.5. The normalized spacial score (nSPS) is 19.0. The van der Waals surface area contributed by atoms with E-state index in [0.717, 1.165) is 31.4 Å². The van der Waals surface area contributed by atoms with Gasteiger partial charge in [-0.15, -0.1) is 0 Å². The highest BCUT2D eigenvalue weighted by molar-refractivity contribution is 5.82. The molecule has 1 aliphatic heterocycles. The van der Waals surface area contributed by atoms with Gasteiger partial charge in [0.2, 0.25) is 5.95 Å². The van der Waals surface area contributed by atoms with E-state index < -0.39 is 11.6 Å². The van der Waals surface area contributed by atoms with Crippen LogP contribution in [-0.2, 0) is 6.54 Å². The number of aryl methyl sites for hydroxylation is 1. The Labute approximate surface area is 195 Å². The molecule has 2 atom stereocenters. The summed E-state index contributed by atoms with van der Waals surface area (Å²) in [5.74, 6) is 0.0853. The molecule has 0 aliphatic carbocycles. The van der Waals surface area contributed by atoms with Crippen LogP contribution >= 0.6 is 0 Å². The number of aromatic nitrogens is 5. The van der Waals surface area contributed by atoms with Crippen molar-refractivity contribution >= 4 is 22.8 Å². The van der Waals surface area contributed by atoms with E-state index in [1.54, 1.807) is 13.0 Å². The minimum absolute atomic E-state index is 0.0101. The lowest BCUT2D eigenvalue weighted by Crippen LogP contribution is -2.53. The molecule has 4 aromatic rings. The molecule has 8 nitrogen and oxygen atoms in total. The van der Waals surface area contributed by atoms with Gasteiger partial charge in [0.25, 0.3) is 0 Å². The van der Waals surface area contributed by atoms with Crippen molar-refractivity contribution in [1.29, 1.82) is 0 Å². The van der Waals surface area contributed by atoms with Crippen LogP contribution in [0.2, 0.25) is 0 Å². The minimum Gasteiger partial charge on any atom is -0.342 e. The molecule has 1 aliphatic rings. The molecule has 0 spiro atoms. The topological polar surface area (TPSA) is 94.7 Å². The lowest BCUT2D eigenvalue weighted by Gasteiger charge is -2.36. The summed E-state index contributed by atoms with van der Waals surface area (Å²) in [6, 6.07) is 7.60. The number of hydrogen-bond acceptors (Lipinski definition) is 7. The Balaban J connectivity index is 1.33. The van der Waals surface area contributed by atoms with Crippen molar-refractivity contribution in [2.45, 2.75) is 39.4 Å². The van der Waals surface area contributed by atoms with Crippen LogP contribution in [0.5, 0.6) is 0 Å². The van der Waals surface area contributed by atoms with Crippen molar-refractivity contribution in [3.63, 3.8) is 0 Å². The van der Waals surface area contributed by atoms with E-state index in [0.29, 0.717) is 34.8 Å². The van der Waals surface area contributed by atoms with Gasteiger partial charge in [-0.1, -0.05) is 6.07 Å². The molecule has 4 heterocycles. The first kappa shape index (κ1) is 22.3. The molecule has 0 bridgehead atoms. The molecule has 10 heteroatoms. The second-order valence-corrected chi connectivity index (χ2v) is 8.91. The fourth-order valence-corrected chi connectivity index (χ4v) is 4.50. The van der Waals surface area contributed by atoms with Crippen LogP contribution < -0.4 is 10.6 Å². The van der Waals surface area contributed by atoms with Crippen LogP contribution in [0.3, 0.4) is 0 Å². The number of benzene rings is 1. The summed E-state index contributed by atoms with van der Waals surface area (Å²) in [6.07, 6.45) is 2.88. The van der Waals surface area contributed by atoms with E-state index in [1.807, 2.05) is 18.3 Å². The molecular formula is C24H26F2N8. The Hall–Kier alpha value is -3.50. The minimum atomic E-state index is -0.650. The maximum absolute atomic E-state index is 14.5. The summed E-state index contributed by atoms with van der Waals surface area (Å²) in [7, 11) is 0. The first-order valence-electron chi connectivity index (χ1n) is 11.2. The van der Waals surface area contributed by atoms with Gasteiger partial charge in [0.05, 0.1) is 11.7 Å². The molecule has 176 valence electrons. The predicted octanol–water partition coefficient (Wildman–Crippen LogP) is 3.93. The summed E-state index contributed by atoms with van der Waals surface area (Å²) in [5, 5.41) is 6.54. The maximum Gasteiger partial charge on any atom is 0.229 e. The lowest BCUT2D eigenvalue weighted by molar-refractivity contribution is 0.166. The summed E-state index contributed by atoms with van der Waals surface area (Å²) >= 11 is 0. The Bertz CT molecular complexity index is 1310. The number of piperazine rings is 1. The lowest BCUT2D eigenvalue weighted by atomic mass is 10.1. The molecule has 3 aromatic heterocycles. The number of aromatic amines is 1. The molecule has 1 aromatic carbocycles. The van der Waals surface area contributed by atoms with Gasteiger partial charge in [0.15, 0.2) is 11.6 Å². The number of halogens is 2. The number of rotatable bonds is 5. The summed E-state index contributed by atoms with van der Waals surface area (Å²) in [4.78, 5) is 22.2. The van der Waals surface area contributed by atoms with Gasteiger partial charge in [-0.2, -0.15) is 0 Å². The number of fused-ring (bicyclic) bond motifs is 1. The van der Waals surface area contributed by atoms with Crippen LogP contribution in [0.4, 0.5) is 20.5 Å². The van der Waals surface area contributed by atoms with Gasteiger partial charge < -0.3 is 15.6 Å². The van der Waals surface area contributed by atoms with Crippen molar-refractivity contribution in [3.05, 3.63) is 59.7 Å².